The highest BCUT2D eigenvalue weighted by atomic mass is 15.3. The van der Waals surface area contributed by atoms with Crippen LogP contribution in [-0.4, -0.2) is 50.6 Å². The second kappa shape index (κ2) is 7.71. The Morgan fingerprint density at radius 2 is 2.00 bits per heavy atom. The van der Waals surface area contributed by atoms with Gasteiger partial charge in [0.1, 0.15) is 0 Å². The van der Waals surface area contributed by atoms with Gasteiger partial charge < -0.3 is 15.1 Å². The van der Waals surface area contributed by atoms with Crippen molar-refractivity contribution < 1.29 is 0 Å². The highest BCUT2D eigenvalue weighted by Crippen LogP contribution is 2.23. The molecule has 23 heavy (non-hydrogen) atoms. The number of benzene rings is 1. The molecule has 126 valence electrons. The van der Waals surface area contributed by atoms with Crippen LogP contribution in [0.2, 0.25) is 0 Å². The first-order valence-corrected chi connectivity index (χ1v) is 9.02. The van der Waals surface area contributed by atoms with Crippen molar-refractivity contribution in [1.29, 1.82) is 0 Å². The molecule has 0 radical (unpaired) electrons. The summed E-state index contributed by atoms with van der Waals surface area (Å²) in [6.07, 6.45) is 3.89. The first-order chi connectivity index (χ1) is 11.3. The number of anilines is 1. The van der Waals surface area contributed by atoms with E-state index in [1.54, 1.807) is 0 Å². The SMILES string of the molecule is CN=C(NCC1CCN(c2ccccc2)C1)N1CCCC(C)C1. The van der Waals surface area contributed by atoms with Gasteiger partial charge in [0.2, 0.25) is 0 Å². The Hall–Kier alpha value is -1.71. The molecule has 1 N–H and O–H groups in total. The average Bonchev–Trinajstić information content (AvgIpc) is 3.05. The Bertz CT molecular complexity index is 513. The summed E-state index contributed by atoms with van der Waals surface area (Å²) < 4.78 is 0. The molecule has 0 spiro atoms. The zero-order valence-electron chi connectivity index (χ0n) is 14.5. The third-order valence-corrected chi connectivity index (χ3v) is 5.12. The summed E-state index contributed by atoms with van der Waals surface area (Å²) in [5.41, 5.74) is 1.35. The van der Waals surface area contributed by atoms with E-state index < -0.39 is 0 Å². The number of likely N-dealkylation sites (tertiary alicyclic amines) is 1. The number of aliphatic imine (C=N–C) groups is 1. The second-order valence-electron chi connectivity index (χ2n) is 7.06. The first kappa shape index (κ1) is 16.2. The van der Waals surface area contributed by atoms with Crippen molar-refractivity contribution in [1.82, 2.24) is 10.2 Å². The highest BCUT2D eigenvalue weighted by molar-refractivity contribution is 5.80. The van der Waals surface area contributed by atoms with Crippen LogP contribution < -0.4 is 10.2 Å². The lowest BCUT2D eigenvalue weighted by Crippen LogP contribution is -2.47. The van der Waals surface area contributed by atoms with Crippen LogP contribution in [0.15, 0.2) is 35.3 Å². The van der Waals surface area contributed by atoms with Crippen molar-refractivity contribution in [3.8, 4) is 0 Å². The van der Waals surface area contributed by atoms with Crippen molar-refractivity contribution in [3.05, 3.63) is 30.3 Å². The Labute approximate surface area is 140 Å². The number of nitrogens with zero attached hydrogens (tertiary/aromatic N) is 3. The van der Waals surface area contributed by atoms with Gasteiger partial charge in [-0.15, -0.1) is 0 Å². The number of piperidine rings is 1. The summed E-state index contributed by atoms with van der Waals surface area (Å²) in [6.45, 7) is 7.96. The van der Waals surface area contributed by atoms with Crippen molar-refractivity contribution >= 4 is 11.6 Å². The van der Waals surface area contributed by atoms with Crippen LogP contribution in [0.4, 0.5) is 5.69 Å². The van der Waals surface area contributed by atoms with E-state index in [9.17, 15) is 0 Å². The zero-order valence-corrected chi connectivity index (χ0v) is 14.5. The minimum absolute atomic E-state index is 0.703. The smallest absolute Gasteiger partial charge is 0.193 e. The van der Waals surface area contributed by atoms with E-state index in [1.165, 1.54) is 24.9 Å². The maximum absolute atomic E-state index is 4.50. The molecule has 2 heterocycles. The summed E-state index contributed by atoms with van der Waals surface area (Å²) >= 11 is 0. The maximum Gasteiger partial charge on any atom is 0.193 e. The lowest BCUT2D eigenvalue weighted by Gasteiger charge is -2.34. The van der Waals surface area contributed by atoms with Gasteiger partial charge in [0.25, 0.3) is 0 Å². The molecule has 2 aliphatic rings. The van der Waals surface area contributed by atoms with Gasteiger partial charge >= 0.3 is 0 Å². The minimum atomic E-state index is 0.703. The van der Waals surface area contributed by atoms with Gasteiger partial charge in [-0.05, 0) is 43.2 Å². The zero-order chi connectivity index (χ0) is 16.1. The molecule has 2 aliphatic heterocycles. The molecule has 2 atom stereocenters. The highest BCUT2D eigenvalue weighted by Gasteiger charge is 2.24. The third-order valence-electron chi connectivity index (χ3n) is 5.12. The molecule has 2 fully saturated rings. The molecule has 2 unspecified atom stereocenters. The minimum Gasteiger partial charge on any atom is -0.371 e. The first-order valence-electron chi connectivity index (χ1n) is 9.02. The van der Waals surface area contributed by atoms with E-state index in [4.69, 9.17) is 0 Å². The Balaban J connectivity index is 1.48. The van der Waals surface area contributed by atoms with Gasteiger partial charge in [0.15, 0.2) is 5.96 Å². The Kier molecular flexibility index (Phi) is 5.42. The molecule has 3 rings (SSSR count). The molecule has 1 aromatic rings. The molecule has 0 amide bonds. The summed E-state index contributed by atoms with van der Waals surface area (Å²) in [5, 5.41) is 3.62. The number of hydrogen-bond donors (Lipinski definition) is 1. The molecule has 0 aliphatic carbocycles. The summed E-state index contributed by atoms with van der Waals surface area (Å²) in [6, 6.07) is 10.8. The molecular formula is C19H30N4. The maximum atomic E-state index is 4.50. The van der Waals surface area contributed by atoms with Crippen molar-refractivity contribution in [2.45, 2.75) is 26.2 Å². The fourth-order valence-corrected chi connectivity index (χ4v) is 3.82. The van der Waals surface area contributed by atoms with E-state index in [-0.39, 0.29) is 0 Å². The number of nitrogens with one attached hydrogen (secondary N) is 1. The van der Waals surface area contributed by atoms with Gasteiger partial charge in [-0.25, -0.2) is 0 Å². The molecule has 0 saturated carbocycles. The van der Waals surface area contributed by atoms with Gasteiger partial charge in [-0.2, -0.15) is 0 Å². The molecule has 1 aromatic carbocycles. The normalized spacial score (nSPS) is 25.7. The van der Waals surface area contributed by atoms with E-state index in [0.29, 0.717) is 5.92 Å². The molecule has 4 heteroatoms. The lowest BCUT2D eigenvalue weighted by molar-refractivity contribution is 0.265. The number of rotatable bonds is 3. The predicted octanol–water partition coefficient (Wildman–Crippen LogP) is 2.82. The van der Waals surface area contributed by atoms with Gasteiger partial charge in [0.05, 0.1) is 0 Å². The van der Waals surface area contributed by atoms with Crippen LogP contribution in [-0.2, 0) is 0 Å². The average molecular weight is 314 g/mol. The van der Waals surface area contributed by atoms with Crippen LogP contribution in [0.1, 0.15) is 26.2 Å². The van der Waals surface area contributed by atoms with Crippen molar-refractivity contribution in [2.75, 3.05) is 44.7 Å². The van der Waals surface area contributed by atoms with Crippen molar-refractivity contribution in [3.63, 3.8) is 0 Å². The van der Waals surface area contributed by atoms with E-state index in [2.05, 4.69) is 57.4 Å². The molecular weight excluding hydrogens is 284 g/mol. The summed E-state index contributed by atoms with van der Waals surface area (Å²) in [4.78, 5) is 9.43. The Morgan fingerprint density at radius 3 is 2.74 bits per heavy atom. The van der Waals surface area contributed by atoms with Gasteiger partial charge in [-0.3, -0.25) is 4.99 Å². The summed E-state index contributed by atoms with van der Waals surface area (Å²) in [7, 11) is 1.91. The van der Waals surface area contributed by atoms with Crippen LogP contribution >= 0.6 is 0 Å². The summed E-state index contributed by atoms with van der Waals surface area (Å²) in [5.74, 6) is 2.58. The molecule has 2 saturated heterocycles. The largest absolute Gasteiger partial charge is 0.371 e. The predicted molar refractivity (Wildman–Crippen MR) is 98.1 cm³/mol. The van der Waals surface area contributed by atoms with Gasteiger partial charge in [0, 0.05) is 45.5 Å². The monoisotopic (exact) mass is 314 g/mol. The van der Waals surface area contributed by atoms with Crippen LogP contribution in [0.5, 0.6) is 0 Å². The fraction of sp³-hybridized carbons (Fsp3) is 0.632. The number of para-hydroxylation sites is 1. The van der Waals surface area contributed by atoms with Crippen LogP contribution in [0.25, 0.3) is 0 Å². The third kappa shape index (κ3) is 4.18. The lowest BCUT2D eigenvalue weighted by atomic mass is 10.0. The number of hydrogen-bond acceptors (Lipinski definition) is 2. The van der Waals surface area contributed by atoms with E-state index in [1.807, 2.05) is 7.05 Å². The molecule has 4 nitrogen and oxygen atoms in total. The van der Waals surface area contributed by atoms with E-state index >= 15 is 0 Å². The standard InChI is InChI=1S/C19H30N4/c1-16-7-6-11-23(14-16)19(20-2)21-13-17-10-12-22(15-17)18-8-4-3-5-9-18/h3-5,8-9,16-17H,6-7,10-15H2,1-2H3,(H,20,21). The second-order valence-corrected chi connectivity index (χ2v) is 7.06. The van der Waals surface area contributed by atoms with Crippen molar-refractivity contribution in [2.24, 2.45) is 16.8 Å². The van der Waals surface area contributed by atoms with E-state index in [0.717, 1.165) is 44.6 Å². The van der Waals surface area contributed by atoms with Gasteiger partial charge in [-0.1, -0.05) is 25.1 Å². The van der Waals surface area contributed by atoms with Crippen LogP contribution in [0, 0.1) is 11.8 Å². The molecule has 0 aromatic heterocycles. The quantitative estimate of drug-likeness (QED) is 0.687. The fourth-order valence-electron chi connectivity index (χ4n) is 3.82. The molecule has 0 bridgehead atoms. The number of guanidine groups is 1. The topological polar surface area (TPSA) is 30.9 Å². The Morgan fingerprint density at radius 1 is 1.17 bits per heavy atom. The van der Waals surface area contributed by atoms with Crippen LogP contribution in [0.3, 0.4) is 0 Å².